The fourth-order valence-corrected chi connectivity index (χ4v) is 1.89. The minimum absolute atomic E-state index is 0.313. The van der Waals surface area contributed by atoms with E-state index in [1.807, 2.05) is 60.7 Å². The van der Waals surface area contributed by atoms with Crippen LogP contribution in [0.4, 0.5) is 0 Å². The van der Waals surface area contributed by atoms with E-state index < -0.39 is 0 Å². The molecule has 0 heterocycles. The van der Waals surface area contributed by atoms with Crippen LogP contribution in [-0.4, -0.2) is 11.2 Å². The summed E-state index contributed by atoms with van der Waals surface area (Å²) in [5, 5.41) is 9.93. The highest BCUT2D eigenvalue weighted by Crippen LogP contribution is 2.08. The van der Waals surface area contributed by atoms with Crippen molar-refractivity contribution < 1.29 is 5.11 Å². The van der Waals surface area contributed by atoms with Gasteiger partial charge in [-0.25, -0.2) is 0 Å². The van der Waals surface area contributed by atoms with Crippen LogP contribution in [0.5, 0.6) is 0 Å². The Labute approximate surface area is 108 Å². The van der Waals surface area contributed by atoms with E-state index in [4.69, 9.17) is 0 Å². The van der Waals surface area contributed by atoms with Gasteiger partial charge in [0.25, 0.3) is 0 Å². The van der Waals surface area contributed by atoms with Crippen LogP contribution in [0.1, 0.15) is 17.5 Å². The van der Waals surface area contributed by atoms with Gasteiger partial charge in [-0.1, -0.05) is 72.8 Å². The fourth-order valence-electron chi connectivity index (χ4n) is 1.89. The third-order valence-electron chi connectivity index (χ3n) is 2.83. The molecule has 1 unspecified atom stereocenters. The molecule has 1 N–H and O–H groups in total. The summed E-state index contributed by atoms with van der Waals surface area (Å²) < 4.78 is 0. The van der Waals surface area contributed by atoms with Crippen molar-refractivity contribution in [2.24, 2.45) is 0 Å². The molecule has 0 aliphatic carbocycles. The van der Waals surface area contributed by atoms with Gasteiger partial charge in [0.15, 0.2) is 0 Å². The molecular formula is C17H18O. The van der Waals surface area contributed by atoms with Crippen LogP contribution < -0.4 is 0 Å². The van der Waals surface area contributed by atoms with Crippen molar-refractivity contribution in [2.75, 3.05) is 0 Å². The smallest absolute Gasteiger partial charge is 0.0615 e. The molecule has 1 heteroatoms. The van der Waals surface area contributed by atoms with Crippen molar-refractivity contribution in [1.29, 1.82) is 0 Å². The standard InChI is InChI=1S/C17H18O/c18-17(14-16-10-5-2-6-11-16)13-7-12-15-8-3-1-4-9-15/h1-12,17-18H,13-14H2/b12-7+. The van der Waals surface area contributed by atoms with Gasteiger partial charge >= 0.3 is 0 Å². The maximum atomic E-state index is 9.93. The van der Waals surface area contributed by atoms with Gasteiger partial charge in [-0.3, -0.25) is 0 Å². The van der Waals surface area contributed by atoms with E-state index in [1.54, 1.807) is 0 Å². The lowest BCUT2D eigenvalue weighted by Crippen LogP contribution is -2.08. The molecule has 0 saturated carbocycles. The predicted octanol–water partition coefficient (Wildman–Crippen LogP) is 3.69. The first-order valence-electron chi connectivity index (χ1n) is 6.28. The topological polar surface area (TPSA) is 20.2 Å². The van der Waals surface area contributed by atoms with Gasteiger partial charge in [0.2, 0.25) is 0 Å². The lowest BCUT2D eigenvalue weighted by atomic mass is 10.1. The number of aliphatic hydroxyl groups excluding tert-OH is 1. The Morgan fingerprint density at radius 3 is 2.17 bits per heavy atom. The molecule has 1 atom stereocenters. The zero-order chi connectivity index (χ0) is 12.6. The summed E-state index contributed by atoms with van der Waals surface area (Å²) in [5.41, 5.74) is 2.35. The molecule has 18 heavy (non-hydrogen) atoms. The van der Waals surface area contributed by atoms with Gasteiger partial charge in [-0.15, -0.1) is 0 Å². The van der Waals surface area contributed by atoms with Gasteiger partial charge in [0.1, 0.15) is 0 Å². The zero-order valence-electron chi connectivity index (χ0n) is 10.4. The van der Waals surface area contributed by atoms with E-state index in [2.05, 4.69) is 12.1 Å². The summed E-state index contributed by atoms with van der Waals surface area (Å²) >= 11 is 0. The molecule has 0 radical (unpaired) electrons. The van der Waals surface area contributed by atoms with Crippen molar-refractivity contribution in [3.05, 3.63) is 77.9 Å². The highest BCUT2D eigenvalue weighted by molar-refractivity contribution is 5.48. The Bertz CT molecular complexity index is 473. The molecule has 0 bridgehead atoms. The largest absolute Gasteiger partial charge is 0.392 e. The summed E-state index contributed by atoms with van der Waals surface area (Å²) in [6, 6.07) is 20.2. The average molecular weight is 238 g/mol. The van der Waals surface area contributed by atoms with E-state index in [0.717, 1.165) is 0 Å². The lowest BCUT2D eigenvalue weighted by Gasteiger charge is -2.07. The molecule has 2 aromatic rings. The minimum Gasteiger partial charge on any atom is -0.392 e. The fraction of sp³-hybridized carbons (Fsp3) is 0.176. The van der Waals surface area contributed by atoms with Crippen LogP contribution in [0, 0.1) is 0 Å². The summed E-state index contributed by atoms with van der Waals surface area (Å²) in [7, 11) is 0. The van der Waals surface area contributed by atoms with Gasteiger partial charge < -0.3 is 5.11 Å². The van der Waals surface area contributed by atoms with Crippen molar-refractivity contribution >= 4 is 6.08 Å². The SMILES string of the molecule is OC(C/C=C/c1ccccc1)Cc1ccccc1. The Morgan fingerprint density at radius 1 is 0.889 bits per heavy atom. The summed E-state index contributed by atoms with van der Waals surface area (Å²) in [5.74, 6) is 0. The molecule has 0 fully saturated rings. The maximum absolute atomic E-state index is 9.93. The van der Waals surface area contributed by atoms with Crippen LogP contribution >= 0.6 is 0 Å². The molecule has 0 aromatic heterocycles. The van der Waals surface area contributed by atoms with E-state index in [0.29, 0.717) is 12.8 Å². The molecule has 2 aromatic carbocycles. The molecule has 1 nitrogen and oxygen atoms in total. The first-order chi connectivity index (χ1) is 8.84. The van der Waals surface area contributed by atoms with Crippen LogP contribution in [0.3, 0.4) is 0 Å². The molecular weight excluding hydrogens is 220 g/mol. The van der Waals surface area contributed by atoms with E-state index >= 15 is 0 Å². The monoisotopic (exact) mass is 238 g/mol. The second-order valence-electron chi connectivity index (χ2n) is 4.39. The third kappa shape index (κ3) is 4.19. The lowest BCUT2D eigenvalue weighted by molar-refractivity contribution is 0.178. The van der Waals surface area contributed by atoms with Gasteiger partial charge in [-0.2, -0.15) is 0 Å². The molecule has 0 aliphatic heterocycles. The normalized spacial score (nSPS) is 12.7. The van der Waals surface area contributed by atoms with Crippen molar-refractivity contribution in [3.63, 3.8) is 0 Å². The number of hydrogen-bond donors (Lipinski definition) is 1. The van der Waals surface area contributed by atoms with Gasteiger partial charge in [0, 0.05) is 0 Å². The Balaban J connectivity index is 1.82. The van der Waals surface area contributed by atoms with E-state index in [-0.39, 0.29) is 6.10 Å². The Kier molecular flexibility index (Phi) is 4.74. The third-order valence-corrected chi connectivity index (χ3v) is 2.83. The van der Waals surface area contributed by atoms with Gasteiger partial charge in [0.05, 0.1) is 6.10 Å². The minimum atomic E-state index is -0.313. The second kappa shape index (κ2) is 6.77. The molecule has 0 aliphatic rings. The number of benzene rings is 2. The Hall–Kier alpha value is -1.86. The first-order valence-corrected chi connectivity index (χ1v) is 6.28. The molecule has 0 spiro atoms. The predicted molar refractivity (Wildman–Crippen MR) is 76.2 cm³/mol. The number of rotatable bonds is 5. The first kappa shape index (κ1) is 12.6. The van der Waals surface area contributed by atoms with Crippen LogP contribution in [0.25, 0.3) is 6.08 Å². The number of hydrogen-bond acceptors (Lipinski definition) is 1. The summed E-state index contributed by atoms with van der Waals surface area (Å²) in [4.78, 5) is 0. The van der Waals surface area contributed by atoms with Gasteiger partial charge in [-0.05, 0) is 24.0 Å². The molecule has 92 valence electrons. The van der Waals surface area contributed by atoms with E-state index in [1.165, 1.54) is 11.1 Å². The second-order valence-corrected chi connectivity index (χ2v) is 4.39. The summed E-state index contributed by atoms with van der Waals surface area (Å²) in [6.07, 6.45) is 5.16. The maximum Gasteiger partial charge on any atom is 0.0615 e. The zero-order valence-corrected chi connectivity index (χ0v) is 10.4. The molecule has 2 rings (SSSR count). The highest BCUT2D eigenvalue weighted by atomic mass is 16.3. The number of aliphatic hydroxyl groups is 1. The van der Waals surface area contributed by atoms with Crippen LogP contribution in [0.2, 0.25) is 0 Å². The molecule has 0 saturated heterocycles. The Morgan fingerprint density at radius 2 is 1.50 bits per heavy atom. The van der Waals surface area contributed by atoms with Crippen molar-refractivity contribution in [3.8, 4) is 0 Å². The van der Waals surface area contributed by atoms with E-state index in [9.17, 15) is 5.11 Å². The van der Waals surface area contributed by atoms with Crippen LogP contribution in [-0.2, 0) is 6.42 Å². The average Bonchev–Trinajstić information content (AvgIpc) is 2.41. The summed E-state index contributed by atoms with van der Waals surface area (Å²) in [6.45, 7) is 0. The highest BCUT2D eigenvalue weighted by Gasteiger charge is 2.02. The van der Waals surface area contributed by atoms with Crippen molar-refractivity contribution in [1.82, 2.24) is 0 Å². The molecule has 0 amide bonds. The quantitative estimate of drug-likeness (QED) is 0.842. The van der Waals surface area contributed by atoms with Crippen LogP contribution in [0.15, 0.2) is 66.7 Å². The van der Waals surface area contributed by atoms with Crippen molar-refractivity contribution in [2.45, 2.75) is 18.9 Å².